The molecule has 4 rings (SSSR count). The van der Waals surface area contributed by atoms with Crippen LogP contribution in [0.1, 0.15) is 21.5 Å². The highest BCUT2D eigenvalue weighted by molar-refractivity contribution is 8.04. The normalized spacial score (nSPS) is 14.5. The van der Waals surface area contributed by atoms with E-state index in [2.05, 4.69) is 5.32 Å². The summed E-state index contributed by atoms with van der Waals surface area (Å²) >= 11 is 7.40. The molecule has 156 valence electrons. The average molecular weight is 453 g/mol. The van der Waals surface area contributed by atoms with Gasteiger partial charge < -0.3 is 10.2 Å². The second-order valence-corrected chi connectivity index (χ2v) is 8.54. The van der Waals surface area contributed by atoms with Crippen LogP contribution in [0.5, 0.6) is 0 Å². The standard InChI is InChI=1S/C24H18ClFN2O2S/c1-28-20-13-17(23(29)27-14-15-5-8-19(26)9-6-15)7-10-21(20)31-22(24(28)30)12-16-3-2-4-18(25)11-16/h2-13H,14H2,1H3,(H,27,29)/b22-12-. The third-order valence-electron chi connectivity index (χ3n) is 4.83. The molecule has 1 aliphatic heterocycles. The van der Waals surface area contributed by atoms with E-state index in [0.717, 1.165) is 16.0 Å². The van der Waals surface area contributed by atoms with Crippen LogP contribution in [-0.2, 0) is 11.3 Å². The molecular weight excluding hydrogens is 435 g/mol. The SMILES string of the molecule is CN1C(=O)/C(=C/c2cccc(Cl)c2)Sc2ccc(C(=O)NCc3ccc(F)cc3)cc21. The molecule has 1 aliphatic rings. The summed E-state index contributed by atoms with van der Waals surface area (Å²) in [6.45, 7) is 0.284. The van der Waals surface area contributed by atoms with Gasteiger partial charge in [0, 0.05) is 29.1 Å². The van der Waals surface area contributed by atoms with Crippen molar-refractivity contribution in [1.29, 1.82) is 0 Å². The maximum Gasteiger partial charge on any atom is 0.264 e. The zero-order chi connectivity index (χ0) is 22.0. The lowest BCUT2D eigenvalue weighted by Crippen LogP contribution is -2.31. The summed E-state index contributed by atoms with van der Waals surface area (Å²) < 4.78 is 13.0. The average Bonchev–Trinajstić information content (AvgIpc) is 2.76. The molecule has 3 aromatic rings. The summed E-state index contributed by atoms with van der Waals surface area (Å²) in [4.78, 5) is 28.4. The van der Waals surface area contributed by atoms with E-state index in [0.29, 0.717) is 21.2 Å². The summed E-state index contributed by atoms with van der Waals surface area (Å²) in [7, 11) is 1.69. The van der Waals surface area contributed by atoms with Crippen LogP contribution in [-0.4, -0.2) is 18.9 Å². The topological polar surface area (TPSA) is 49.4 Å². The maximum atomic E-state index is 13.0. The maximum absolute atomic E-state index is 13.0. The highest BCUT2D eigenvalue weighted by Gasteiger charge is 2.27. The van der Waals surface area contributed by atoms with E-state index in [4.69, 9.17) is 11.6 Å². The van der Waals surface area contributed by atoms with Crippen molar-refractivity contribution in [3.05, 3.63) is 99.2 Å². The first-order valence-electron chi connectivity index (χ1n) is 9.50. The van der Waals surface area contributed by atoms with Gasteiger partial charge in [-0.2, -0.15) is 0 Å². The minimum Gasteiger partial charge on any atom is -0.348 e. The van der Waals surface area contributed by atoms with Gasteiger partial charge in [-0.1, -0.05) is 47.6 Å². The Morgan fingerprint density at radius 3 is 2.65 bits per heavy atom. The highest BCUT2D eigenvalue weighted by atomic mass is 35.5. The van der Waals surface area contributed by atoms with Crippen LogP contribution < -0.4 is 10.2 Å². The fourth-order valence-corrected chi connectivity index (χ4v) is 4.46. The Bertz CT molecular complexity index is 1190. The molecule has 0 aromatic heterocycles. The molecule has 31 heavy (non-hydrogen) atoms. The summed E-state index contributed by atoms with van der Waals surface area (Å²) in [5.74, 6) is -0.738. The molecule has 2 amide bonds. The third-order valence-corrected chi connectivity index (χ3v) is 6.14. The molecule has 1 N–H and O–H groups in total. The molecule has 0 aliphatic carbocycles. The monoisotopic (exact) mass is 452 g/mol. The van der Waals surface area contributed by atoms with Gasteiger partial charge in [-0.25, -0.2) is 4.39 Å². The van der Waals surface area contributed by atoms with Crippen molar-refractivity contribution in [3.8, 4) is 0 Å². The lowest BCUT2D eigenvalue weighted by atomic mass is 10.1. The number of likely N-dealkylation sites (N-methyl/N-ethyl adjacent to an activating group) is 1. The first kappa shape index (κ1) is 21.2. The molecule has 4 nitrogen and oxygen atoms in total. The quantitative estimate of drug-likeness (QED) is 0.530. The van der Waals surface area contributed by atoms with Gasteiger partial charge in [-0.15, -0.1) is 0 Å². The van der Waals surface area contributed by atoms with Crippen LogP contribution in [0.4, 0.5) is 10.1 Å². The Balaban J connectivity index is 1.53. The van der Waals surface area contributed by atoms with Crippen LogP contribution in [0.3, 0.4) is 0 Å². The number of carbonyl (C=O) groups excluding carboxylic acids is 2. The van der Waals surface area contributed by atoms with Crippen molar-refractivity contribution in [2.24, 2.45) is 0 Å². The Morgan fingerprint density at radius 2 is 1.90 bits per heavy atom. The predicted octanol–water partition coefficient (Wildman–Crippen LogP) is 5.52. The molecule has 3 aromatic carbocycles. The van der Waals surface area contributed by atoms with Gasteiger partial charge in [0.25, 0.3) is 11.8 Å². The third kappa shape index (κ3) is 4.81. The smallest absolute Gasteiger partial charge is 0.264 e. The van der Waals surface area contributed by atoms with E-state index in [1.165, 1.54) is 23.9 Å². The summed E-state index contributed by atoms with van der Waals surface area (Å²) in [5, 5.41) is 3.42. The van der Waals surface area contributed by atoms with Crippen LogP contribution in [0.25, 0.3) is 6.08 Å². The van der Waals surface area contributed by atoms with E-state index in [1.54, 1.807) is 48.3 Å². The Hall–Kier alpha value is -3.09. The molecule has 7 heteroatoms. The molecule has 0 fully saturated rings. The van der Waals surface area contributed by atoms with Gasteiger partial charge in [-0.3, -0.25) is 9.59 Å². The number of benzene rings is 3. The van der Waals surface area contributed by atoms with Crippen LogP contribution >= 0.6 is 23.4 Å². The molecule has 0 radical (unpaired) electrons. The molecule has 0 spiro atoms. The van der Waals surface area contributed by atoms with E-state index >= 15 is 0 Å². The molecule has 1 heterocycles. The van der Waals surface area contributed by atoms with E-state index in [1.807, 2.05) is 24.3 Å². The summed E-state index contributed by atoms with van der Waals surface area (Å²) in [5.41, 5.74) is 2.76. The number of rotatable bonds is 4. The van der Waals surface area contributed by atoms with Gasteiger partial charge >= 0.3 is 0 Å². The number of nitrogens with zero attached hydrogens (tertiary/aromatic N) is 1. The van der Waals surface area contributed by atoms with E-state index in [9.17, 15) is 14.0 Å². The number of hydrogen-bond acceptors (Lipinski definition) is 3. The fourth-order valence-electron chi connectivity index (χ4n) is 3.17. The van der Waals surface area contributed by atoms with Gasteiger partial charge in [-0.05, 0) is 59.7 Å². The molecule has 0 atom stereocenters. The van der Waals surface area contributed by atoms with Crippen molar-refractivity contribution >= 4 is 46.9 Å². The number of anilines is 1. The first-order valence-corrected chi connectivity index (χ1v) is 10.7. The zero-order valence-corrected chi connectivity index (χ0v) is 18.1. The van der Waals surface area contributed by atoms with Crippen LogP contribution in [0.2, 0.25) is 5.02 Å². The van der Waals surface area contributed by atoms with Gasteiger partial charge in [0.15, 0.2) is 0 Å². The summed E-state index contributed by atoms with van der Waals surface area (Å²) in [6.07, 6.45) is 1.81. The van der Waals surface area contributed by atoms with Crippen LogP contribution in [0, 0.1) is 5.82 Å². The van der Waals surface area contributed by atoms with Gasteiger partial charge in [0.1, 0.15) is 5.82 Å². The number of nitrogens with one attached hydrogen (secondary N) is 1. The second kappa shape index (κ2) is 8.96. The van der Waals surface area contributed by atoms with Crippen molar-refractivity contribution < 1.29 is 14.0 Å². The van der Waals surface area contributed by atoms with E-state index in [-0.39, 0.29) is 24.2 Å². The summed E-state index contributed by atoms with van der Waals surface area (Å²) in [6, 6.07) is 18.5. The molecule has 0 saturated carbocycles. The number of thioether (sulfide) groups is 1. The van der Waals surface area contributed by atoms with Crippen LogP contribution in [0.15, 0.2) is 76.5 Å². The Labute approximate surface area is 188 Å². The van der Waals surface area contributed by atoms with Crippen molar-refractivity contribution in [2.45, 2.75) is 11.4 Å². The predicted molar refractivity (Wildman–Crippen MR) is 123 cm³/mol. The van der Waals surface area contributed by atoms with Crippen molar-refractivity contribution in [2.75, 3.05) is 11.9 Å². The number of hydrogen-bond donors (Lipinski definition) is 1. The van der Waals surface area contributed by atoms with E-state index < -0.39 is 0 Å². The number of amides is 2. The zero-order valence-electron chi connectivity index (χ0n) is 16.6. The van der Waals surface area contributed by atoms with Gasteiger partial charge in [0.05, 0.1) is 10.6 Å². The van der Waals surface area contributed by atoms with Crippen molar-refractivity contribution in [1.82, 2.24) is 5.32 Å². The van der Waals surface area contributed by atoms with Crippen molar-refractivity contribution in [3.63, 3.8) is 0 Å². The largest absolute Gasteiger partial charge is 0.348 e. The molecule has 0 saturated heterocycles. The number of fused-ring (bicyclic) bond motifs is 1. The minimum absolute atomic E-state index is 0.152. The second-order valence-electron chi connectivity index (χ2n) is 7.02. The Kier molecular flexibility index (Phi) is 6.11. The number of halogens is 2. The Morgan fingerprint density at radius 1 is 1.13 bits per heavy atom. The van der Waals surface area contributed by atoms with Gasteiger partial charge in [0.2, 0.25) is 0 Å². The first-order chi connectivity index (χ1) is 14.9. The number of carbonyl (C=O) groups is 2. The molecule has 0 bridgehead atoms. The lowest BCUT2D eigenvalue weighted by Gasteiger charge is -2.27. The molecule has 0 unspecified atom stereocenters. The lowest BCUT2D eigenvalue weighted by molar-refractivity contribution is -0.114. The minimum atomic E-state index is -0.321. The molecular formula is C24H18ClFN2O2S. The highest BCUT2D eigenvalue weighted by Crippen LogP contribution is 2.42. The fraction of sp³-hybridized carbons (Fsp3) is 0.0833.